The minimum Gasteiger partial charge on any atom is -0.491 e. The summed E-state index contributed by atoms with van der Waals surface area (Å²) in [5, 5.41) is 12.5. The maximum absolute atomic E-state index is 13.9. The molecule has 0 unspecified atom stereocenters. The number of ketones is 1. The summed E-state index contributed by atoms with van der Waals surface area (Å²) in [6.07, 6.45) is 0.111. The summed E-state index contributed by atoms with van der Waals surface area (Å²) in [6, 6.07) is 20.6. The Hall–Kier alpha value is -2.91. The molecular weight excluding hydrogens is 540 g/mol. The maximum atomic E-state index is 13.9. The fourth-order valence-corrected chi connectivity index (χ4v) is 5.73. The van der Waals surface area contributed by atoms with E-state index in [1.807, 2.05) is 54.6 Å². The van der Waals surface area contributed by atoms with Gasteiger partial charge >= 0.3 is 0 Å². The van der Waals surface area contributed by atoms with Gasteiger partial charge in [0.15, 0.2) is 17.0 Å². The van der Waals surface area contributed by atoms with Gasteiger partial charge in [-0.1, -0.05) is 58.4 Å². The normalized spacial score (nSPS) is 23.9. The van der Waals surface area contributed by atoms with Crippen LogP contribution in [0.4, 0.5) is 0 Å². The predicted octanol–water partition coefficient (Wildman–Crippen LogP) is 4.73. The van der Waals surface area contributed by atoms with Crippen molar-refractivity contribution in [1.82, 2.24) is 0 Å². The van der Waals surface area contributed by atoms with E-state index < -0.39 is 17.1 Å². The van der Waals surface area contributed by atoms with E-state index in [1.54, 1.807) is 26.4 Å². The van der Waals surface area contributed by atoms with Gasteiger partial charge in [-0.3, -0.25) is 4.79 Å². The van der Waals surface area contributed by atoms with Crippen LogP contribution in [0.25, 0.3) is 0 Å². The molecule has 37 heavy (non-hydrogen) atoms. The van der Waals surface area contributed by atoms with Gasteiger partial charge in [-0.2, -0.15) is 0 Å². The van der Waals surface area contributed by atoms with Crippen LogP contribution in [0.15, 0.2) is 71.2 Å². The maximum Gasteiger partial charge on any atom is 0.200 e. The van der Waals surface area contributed by atoms with Gasteiger partial charge < -0.3 is 28.8 Å². The third kappa shape index (κ3) is 4.22. The van der Waals surface area contributed by atoms with E-state index in [2.05, 4.69) is 15.9 Å². The summed E-state index contributed by atoms with van der Waals surface area (Å²) in [4.78, 5) is 13.9. The smallest absolute Gasteiger partial charge is 0.200 e. The first kappa shape index (κ1) is 25.7. The zero-order valence-electron chi connectivity index (χ0n) is 20.7. The van der Waals surface area contributed by atoms with E-state index in [1.165, 1.54) is 0 Å². The number of benzene rings is 3. The van der Waals surface area contributed by atoms with Crippen LogP contribution >= 0.6 is 15.9 Å². The van der Waals surface area contributed by atoms with Crippen molar-refractivity contribution in [2.24, 2.45) is 0 Å². The number of rotatable bonds is 10. The lowest BCUT2D eigenvalue weighted by molar-refractivity contribution is -0.151. The Balaban J connectivity index is 1.71. The summed E-state index contributed by atoms with van der Waals surface area (Å²) >= 11 is 3.50. The highest BCUT2D eigenvalue weighted by atomic mass is 79.9. The van der Waals surface area contributed by atoms with Gasteiger partial charge in [-0.15, -0.1) is 0 Å². The highest BCUT2D eigenvalue weighted by Crippen LogP contribution is 2.67. The van der Waals surface area contributed by atoms with E-state index in [9.17, 15) is 9.90 Å². The van der Waals surface area contributed by atoms with Crippen molar-refractivity contribution < 1.29 is 33.6 Å². The van der Waals surface area contributed by atoms with Gasteiger partial charge in [0.1, 0.15) is 30.5 Å². The average molecular weight is 569 g/mol. The van der Waals surface area contributed by atoms with E-state index >= 15 is 0 Å². The predicted molar refractivity (Wildman–Crippen MR) is 140 cm³/mol. The minimum absolute atomic E-state index is 0.111. The molecule has 1 aliphatic heterocycles. The molecule has 1 saturated carbocycles. The Bertz CT molecular complexity index is 1260. The van der Waals surface area contributed by atoms with Crippen LogP contribution < -0.4 is 14.2 Å². The quantitative estimate of drug-likeness (QED) is 0.354. The number of methoxy groups -OCH3 is 2. The van der Waals surface area contributed by atoms with Crippen LogP contribution in [0.3, 0.4) is 0 Å². The molecule has 0 amide bonds. The van der Waals surface area contributed by atoms with E-state index in [4.69, 9.17) is 23.7 Å². The fraction of sp³-hybridized carbons (Fsp3) is 0.345. The lowest BCUT2D eigenvalue weighted by atomic mass is 9.71. The third-order valence-electron chi connectivity index (χ3n) is 7.07. The molecule has 5 rings (SSSR count). The summed E-state index contributed by atoms with van der Waals surface area (Å²) < 4.78 is 29.9. The van der Waals surface area contributed by atoms with Crippen molar-refractivity contribution >= 4 is 21.7 Å². The van der Waals surface area contributed by atoms with Gasteiger partial charge in [0, 0.05) is 43.2 Å². The van der Waals surface area contributed by atoms with Crippen molar-refractivity contribution in [2.45, 2.75) is 23.5 Å². The molecule has 0 aromatic heterocycles. The summed E-state index contributed by atoms with van der Waals surface area (Å²) in [6.45, 7) is 1.28. The number of halogens is 1. The molecule has 1 N–H and O–H groups in total. The second-order valence-electron chi connectivity index (χ2n) is 9.12. The molecule has 3 aromatic rings. The molecule has 3 atom stereocenters. The van der Waals surface area contributed by atoms with E-state index in [0.29, 0.717) is 48.2 Å². The van der Waals surface area contributed by atoms with Crippen molar-refractivity contribution in [3.8, 4) is 17.2 Å². The third-order valence-corrected chi connectivity index (χ3v) is 7.60. The van der Waals surface area contributed by atoms with Crippen molar-refractivity contribution in [2.75, 3.05) is 40.6 Å². The molecular formula is C29H29BrO7. The monoisotopic (exact) mass is 568 g/mol. The number of carbonyl (C=O) groups is 1. The van der Waals surface area contributed by atoms with Crippen LogP contribution in [-0.2, 0) is 25.5 Å². The number of fused-ring (bicyclic) bond motifs is 3. The van der Waals surface area contributed by atoms with Crippen LogP contribution in [0, 0.1) is 0 Å². The molecule has 1 fully saturated rings. The first-order chi connectivity index (χ1) is 18.0. The lowest BCUT2D eigenvalue weighted by Gasteiger charge is -2.39. The van der Waals surface area contributed by atoms with Crippen molar-refractivity contribution in [3.05, 3.63) is 87.9 Å². The Morgan fingerprint density at radius 1 is 0.946 bits per heavy atom. The zero-order valence-corrected chi connectivity index (χ0v) is 22.3. The number of Topliss-reactive ketones (excluding diaryl/α,β-unsaturated/α-hetero) is 1. The zero-order chi connectivity index (χ0) is 26.0. The molecule has 2 aliphatic rings. The molecule has 0 spiro atoms. The highest BCUT2D eigenvalue weighted by molar-refractivity contribution is 9.10. The van der Waals surface area contributed by atoms with Gasteiger partial charge in [0.25, 0.3) is 0 Å². The van der Waals surface area contributed by atoms with Crippen LogP contribution in [0.5, 0.6) is 17.2 Å². The van der Waals surface area contributed by atoms with Gasteiger partial charge in [-0.05, 0) is 23.3 Å². The Morgan fingerprint density at radius 2 is 1.62 bits per heavy atom. The average Bonchev–Trinajstić information content (AvgIpc) is 3.30. The molecule has 1 heterocycles. The Morgan fingerprint density at radius 3 is 2.30 bits per heavy atom. The Labute approximate surface area is 224 Å². The summed E-state index contributed by atoms with van der Waals surface area (Å²) in [5.74, 6) is 0.394. The molecule has 194 valence electrons. The number of ether oxygens (including phenoxy) is 5. The molecule has 7 nitrogen and oxygen atoms in total. The molecule has 0 saturated heterocycles. The lowest BCUT2D eigenvalue weighted by Crippen LogP contribution is -2.50. The number of hydrogen-bond donors (Lipinski definition) is 1. The minimum atomic E-state index is -1.98. The van der Waals surface area contributed by atoms with Gasteiger partial charge in [0.05, 0.1) is 18.8 Å². The van der Waals surface area contributed by atoms with Crippen molar-refractivity contribution in [3.63, 3.8) is 0 Å². The topological polar surface area (TPSA) is 83.5 Å². The van der Waals surface area contributed by atoms with Crippen LogP contribution in [-0.4, -0.2) is 51.5 Å². The van der Waals surface area contributed by atoms with E-state index in [-0.39, 0.29) is 18.8 Å². The van der Waals surface area contributed by atoms with Crippen molar-refractivity contribution in [1.29, 1.82) is 0 Å². The van der Waals surface area contributed by atoms with Gasteiger partial charge in [0.2, 0.25) is 0 Å². The summed E-state index contributed by atoms with van der Waals surface area (Å²) in [7, 11) is 3.18. The molecule has 0 radical (unpaired) electrons. The highest BCUT2D eigenvalue weighted by Gasteiger charge is 2.74. The second kappa shape index (κ2) is 10.5. The number of hydrogen-bond acceptors (Lipinski definition) is 7. The number of carbonyl (C=O) groups excluding carboxylic acids is 1. The van der Waals surface area contributed by atoms with Gasteiger partial charge in [-0.25, -0.2) is 0 Å². The molecule has 3 aromatic carbocycles. The largest absolute Gasteiger partial charge is 0.491 e. The number of aliphatic hydroxyl groups is 1. The first-order valence-electron chi connectivity index (χ1n) is 12.1. The molecule has 1 aliphatic carbocycles. The second-order valence-corrected chi connectivity index (χ2v) is 10.0. The first-order valence-corrected chi connectivity index (χ1v) is 12.9. The van der Waals surface area contributed by atoms with Crippen LogP contribution in [0.2, 0.25) is 0 Å². The SMILES string of the molecule is COCCOc1cc(OCCOC)c2c(c1)O[C@]1(c3ccc(Br)cc3)[C@H](c3ccccc3)CC(=O)[C@]21O. The summed E-state index contributed by atoms with van der Waals surface area (Å²) in [5.41, 5.74) is -1.47. The van der Waals surface area contributed by atoms with Crippen LogP contribution in [0.1, 0.15) is 29.0 Å². The Kier molecular flexibility index (Phi) is 7.27. The standard InChI is InChI=1S/C29H29BrO7/c1-33-12-14-35-22-16-24(36-15-13-34-2)27-25(17-22)37-29(20-8-10-21(30)11-9-20)23(18-26(31)28(27,29)32)19-6-4-3-5-7-19/h3-11,16-17,23,32H,12-15,18H2,1-2H3/t23-,28-,29+/m0/s1. The van der Waals surface area contributed by atoms with E-state index in [0.717, 1.165) is 10.0 Å². The molecule has 0 bridgehead atoms. The fourth-order valence-electron chi connectivity index (χ4n) is 5.46. The molecule has 8 heteroatoms.